The Hall–Kier alpha value is -3.66. The third kappa shape index (κ3) is 4.22. The van der Waals surface area contributed by atoms with Gasteiger partial charge in [-0.3, -0.25) is 25.0 Å². The number of nitro benzene ring substituents is 1. The maximum Gasteiger partial charge on any atom is 0.273 e. The van der Waals surface area contributed by atoms with Gasteiger partial charge in [0.2, 0.25) is 11.0 Å². The molecule has 9 nitrogen and oxygen atoms in total. The molecule has 1 atom stereocenters. The van der Waals surface area contributed by atoms with Gasteiger partial charge < -0.3 is 4.90 Å². The number of benzene rings is 2. The highest BCUT2D eigenvalue weighted by Crippen LogP contribution is 2.34. The van der Waals surface area contributed by atoms with E-state index in [1.54, 1.807) is 4.90 Å². The highest BCUT2D eigenvalue weighted by Gasteiger charge is 2.34. The SMILES string of the molecule is CCc1ccc(N2CC(c3nnc(NC(=O)c4cccc([N+](=O)[O-])c4C)s3)CC2=O)cc1. The normalized spacial score (nSPS) is 15.8. The predicted octanol–water partition coefficient (Wildman–Crippen LogP) is 4.09. The Morgan fingerprint density at radius 1 is 1.25 bits per heavy atom. The van der Waals surface area contributed by atoms with Crippen molar-refractivity contribution in [2.24, 2.45) is 0 Å². The second-order valence-electron chi connectivity index (χ2n) is 7.53. The van der Waals surface area contributed by atoms with Gasteiger partial charge in [0.15, 0.2) is 0 Å². The van der Waals surface area contributed by atoms with Crippen LogP contribution in [0.3, 0.4) is 0 Å². The Labute approximate surface area is 188 Å². The molecule has 0 spiro atoms. The van der Waals surface area contributed by atoms with Crippen molar-refractivity contribution < 1.29 is 14.5 Å². The molecule has 32 heavy (non-hydrogen) atoms. The number of amides is 2. The number of hydrogen-bond acceptors (Lipinski definition) is 7. The highest BCUT2D eigenvalue weighted by molar-refractivity contribution is 7.15. The molecular formula is C22H21N5O4S. The summed E-state index contributed by atoms with van der Waals surface area (Å²) in [4.78, 5) is 37.5. The lowest BCUT2D eigenvalue weighted by Crippen LogP contribution is -2.24. The van der Waals surface area contributed by atoms with Crippen LogP contribution in [0.25, 0.3) is 0 Å². The van der Waals surface area contributed by atoms with Gasteiger partial charge in [0.1, 0.15) is 5.01 Å². The molecule has 1 saturated heterocycles. The summed E-state index contributed by atoms with van der Waals surface area (Å²) in [6.45, 7) is 4.11. The van der Waals surface area contributed by atoms with Crippen LogP contribution in [0.2, 0.25) is 0 Å². The second kappa shape index (κ2) is 8.83. The molecule has 1 aliphatic heterocycles. The molecule has 1 unspecified atom stereocenters. The summed E-state index contributed by atoms with van der Waals surface area (Å²) in [5.41, 5.74) is 2.43. The molecule has 1 aliphatic rings. The van der Waals surface area contributed by atoms with E-state index in [-0.39, 0.29) is 33.8 Å². The van der Waals surface area contributed by atoms with Gasteiger partial charge in [-0.1, -0.05) is 36.5 Å². The number of carbonyl (C=O) groups excluding carboxylic acids is 2. The van der Waals surface area contributed by atoms with Gasteiger partial charge in [-0.05, 0) is 37.1 Å². The smallest absolute Gasteiger partial charge is 0.273 e. The molecule has 0 aliphatic carbocycles. The first-order valence-electron chi connectivity index (χ1n) is 10.2. The minimum absolute atomic E-state index is 0.0206. The number of aryl methyl sites for hydroxylation is 1. The van der Waals surface area contributed by atoms with Crippen molar-refractivity contribution in [3.63, 3.8) is 0 Å². The van der Waals surface area contributed by atoms with Crippen LogP contribution in [0.1, 0.15) is 45.8 Å². The third-order valence-corrected chi connectivity index (χ3v) is 6.54. The standard InChI is InChI=1S/C22H21N5O4S/c1-3-14-7-9-16(10-8-14)26-12-15(11-19(26)28)21-24-25-22(32-21)23-20(29)17-5-4-6-18(13(17)2)27(30)31/h4-10,15H,3,11-12H2,1-2H3,(H,23,25,29). The average molecular weight is 452 g/mol. The summed E-state index contributed by atoms with van der Waals surface area (Å²) in [6.07, 6.45) is 1.26. The van der Waals surface area contributed by atoms with Crippen molar-refractivity contribution in [2.45, 2.75) is 32.6 Å². The molecule has 3 aromatic rings. The van der Waals surface area contributed by atoms with Crippen LogP contribution in [-0.4, -0.2) is 33.5 Å². The van der Waals surface area contributed by atoms with Gasteiger partial charge in [0, 0.05) is 41.8 Å². The monoisotopic (exact) mass is 451 g/mol. The van der Waals surface area contributed by atoms with Crippen LogP contribution in [0.5, 0.6) is 0 Å². The highest BCUT2D eigenvalue weighted by atomic mass is 32.1. The second-order valence-corrected chi connectivity index (χ2v) is 8.54. The first-order chi connectivity index (χ1) is 15.4. The molecule has 1 fully saturated rings. The summed E-state index contributed by atoms with van der Waals surface area (Å²) < 4.78 is 0. The Morgan fingerprint density at radius 2 is 2.00 bits per heavy atom. The summed E-state index contributed by atoms with van der Waals surface area (Å²) in [5, 5.41) is 22.9. The van der Waals surface area contributed by atoms with Gasteiger partial charge in [0.25, 0.3) is 11.6 Å². The molecule has 0 bridgehead atoms. The van der Waals surface area contributed by atoms with Crippen LogP contribution in [-0.2, 0) is 11.2 Å². The largest absolute Gasteiger partial charge is 0.312 e. The molecule has 2 heterocycles. The number of anilines is 2. The molecular weight excluding hydrogens is 430 g/mol. The Kier molecular flexibility index (Phi) is 5.95. The van der Waals surface area contributed by atoms with Crippen LogP contribution in [0.15, 0.2) is 42.5 Å². The Balaban J connectivity index is 1.46. The molecule has 2 amide bonds. The molecule has 2 aromatic carbocycles. The summed E-state index contributed by atoms with van der Waals surface area (Å²) in [7, 11) is 0. The predicted molar refractivity (Wildman–Crippen MR) is 121 cm³/mol. The van der Waals surface area contributed by atoms with Crippen molar-refractivity contribution in [1.82, 2.24) is 10.2 Å². The van der Waals surface area contributed by atoms with Gasteiger partial charge in [-0.15, -0.1) is 10.2 Å². The number of nitrogens with one attached hydrogen (secondary N) is 1. The van der Waals surface area contributed by atoms with Crippen LogP contribution in [0.4, 0.5) is 16.5 Å². The maximum absolute atomic E-state index is 12.6. The number of carbonyl (C=O) groups is 2. The fourth-order valence-corrected chi connectivity index (χ4v) is 4.55. The van der Waals surface area contributed by atoms with E-state index in [4.69, 9.17) is 0 Å². The molecule has 0 saturated carbocycles. The van der Waals surface area contributed by atoms with E-state index in [1.807, 2.05) is 24.3 Å². The minimum Gasteiger partial charge on any atom is -0.312 e. The first kappa shape index (κ1) is 21.6. The van der Waals surface area contributed by atoms with Gasteiger partial charge in [0.05, 0.1) is 4.92 Å². The summed E-state index contributed by atoms with van der Waals surface area (Å²) in [6, 6.07) is 12.3. The summed E-state index contributed by atoms with van der Waals surface area (Å²) >= 11 is 1.21. The number of rotatable bonds is 6. The molecule has 1 aromatic heterocycles. The van der Waals surface area contributed by atoms with Crippen molar-refractivity contribution in [2.75, 3.05) is 16.8 Å². The zero-order chi connectivity index (χ0) is 22.8. The van der Waals surface area contributed by atoms with Crippen molar-refractivity contribution >= 4 is 39.7 Å². The van der Waals surface area contributed by atoms with E-state index in [1.165, 1.54) is 42.0 Å². The number of nitro groups is 1. The van der Waals surface area contributed by atoms with Gasteiger partial charge in [-0.25, -0.2) is 0 Å². The number of nitrogens with zero attached hydrogens (tertiary/aromatic N) is 4. The fraction of sp³-hybridized carbons (Fsp3) is 0.273. The molecule has 10 heteroatoms. The topological polar surface area (TPSA) is 118 Å². The van der Waals surface area contributed by atoms with Crippen molar-refractivity contribution in [3.8, 4) is 0 Å². The van der Waals surface area contributed by atoms with Gasteiger partial charge in [-0.2, -0.15) is 0 Å². The van der Waals surface area contributed by atoms with E-state index in [0.29, 0.717) is 18.0 Å². The fourth-order valence-electron chi connectivity index (χ4n) is 3.72. The van der Waals surface area contributed by atoms with E-state index in [9.17, 15) is 19.7 Å². The lowest BCUT2D eigenvalue weighted by Gasteiger charge is -2.16. The van der Waals surface area contributed by atoms with E-state index in [2.05, 4.69) is 22.4 Å². The molecule has 164 valence electrons. The lowest BCUT2D eigenvalue weighted by molar-refractivity contribution is -0.385. The lowest BCUT2D eigenvalue weighted by atomic mass is 10.1. The van der Waals surface area contributed by atoms with Gasteiger partial charge >= 0.3 is 0 Å². The molecule has 4 rings (SSSR count). The molecule has 1 N–H and O–H groups in total. The molecule has 0 radical (unpaired) electrons. The van der Waals surface area contributed by atoms with E-state index < -0.39 is 10.8 Å². The first-order valence-corrected chi connectivity index (χ1v) is 11.0. The van der Waals surface area contributed by atoms with Crippen LogP contribution >= 0.6 is 11.3 Å². The third-order valence-electron chi connectivity index (χ3n) is 5.54. The van der Waals surface area contributed by atoms with Crippen molar-refractivity contribution in [3.05, 3.63) is 74.3 Å². The van der Waals surface area contributed by atoms with E-state index in [0.717, 1.165) is 12.1 Å². The van der Waals surface area contributed by atoms with Crippen molar-refractivity contribution in [1.29, 1.82) is 0 Å². The summed E-state index contributed by atoms with van der Waals surface area (Å²) in [5.74, 6) is -0.586. The average Bonchev–Trinajstić information content (AvgIpc) is 3.40. The zero-order valence-corrected chi connectivity index (χ0v) is 18.4. The van der Waals surface area contributed by atoms with Crippen LogP contribution < -0.4 is 10.2 Å². The number of hydrogen-bond donors (Lipinski definition) is 1. The Bertz CT molecular complexity index is 1190. The minimum atomic E-state index is -0.520. The van der Waals surface area contributed by atoms with Crippen LogP contribution in [0, 0.1) is 17.0 Å². The maximum atomic E-state index is 12.6. The number of aromatic nitrogens is 2. The Morgan fingerprint density at radius 3 is 2.69 bits per heavy atom. The van der Waals surface area contributed by atoms with E-state index >= 15 is 0 Å². The quantitative estimate of drug-likeness (QED) is 0.445. The zero-order valence-electron chi connectivity index (χ0n) is 17.6.